The molecule has 0 heterocycles. The Morgan fingerprint density at radius 1 is 0.560 bits per heavy atom. The van der Waals surface area contributed by atoms with Crippen molar-refractivity contribution in [3.63, 3.8) is 0 Å². The maximum absolute atomic E-state index is 13.0. The molecule has 0 saturated heterocycles. The fourth-order valence-electron chi connectivity index (χ4n) is 6.73. The number of esters is 1. The molecule has 0 aromatic heterocycles. The standard InChI is InChI=1S/C44H85NO5/c1-4-7-10-13-16-19-21-22-23-25-28-31-34-37-44(49)50-40(35-32-29-26-18-15-12-9-6-3)38-43(48)45-41(39-46)42(47)36-33-30-27-24-20-17-14-11-8-5-2/h12,15,40-42,46-47H,4-11,13-14,16-39H2,1-3H3,(H,45,48)/b15-12-. The Morgan fingerprint density at radius 2 is 1.00 bits per heavy atom. The highest BCUT2D eigenvalue weighted by Gasteiger charge is 2.24. The van der Waals surface area contributed by atoms with E-state index in [0.717, 1.165) is 70.6 Å². The molecule has 296 valence electrons. The minimum atomic E-state index is -0.782. The zero-order valence-electron chi connectivity index (χ0n) is 33.5. The van der Waals surface area contributed by atoms with Gasteiger partial charge < -0.3 is 20.3 Å². The first kappa shape index (κ1) is 48.6. The van der Waals surface area contributed by atoms with Crippen LogP contribution >= 0.6 is 0 Å². The lowest BCUT2D eigenvalue weighted by Gasteiger charge is -2.24. The van der Waals surface area contributed by atoms with Crippen molar-refractivity contribution in [3.8, 4) is 0 Å². The van der Waals surface area contributed by atoms with Gasteiger partial charge in [-0.15, -0.1) is 0 Å². The molecular formula is C44H85NO5. The Morgan fingerprint density at radius 3 is 1.50 bits per heavy atom. The molecule has 0 saturated carbocycles. The van der Waals surface area contributed by atoms with Crippen molar-refractivity contribution >= 4 is 11.9 Å². The summed E-state index contributed by atoms with van der Waals surface area (Å²) in [5, 5.41) is 23.5. The number of amides is 1. The molecular weight excluding hydrogens is 622 g/mol. The number of aliphatic hydroxyl groups excluding tert-OH is 2. The van der Waals surface area contributed by atoms with Crippen LogP contribution in [0.4, 0.5) is 0 Å². The Balaban J connectivity index is 4.49. The number of carbonyl (C=O) groups excluding carboxylic acids is 2. The SMILES string of the molecule is CCC/C=C\CCCCCC(CC(=O)NC(CO)C(O)CCCCCCCCCCCC)OC(=O)CCCCCCCCCCCCCCC. The molecule has 1 amide bonds. The minimum Gasteiger partial charge on any atom is -0.462 e. The molecule has 3 unspecified atom stereocenters. The van der Waals surface area contributed by atoms with E-state index in [-0.39, 0.29) is 24.9 Å². The van der Waals surface area contributed by atoms with Crippen LogP contribution in [-0.2, 0) is 14.3 Å². The predicted octanol–water partition coefficient (Wildman–Crippen LogP) is 12.2. The van der Waals surface area contributed by atoms with Crippen LogP contribution in [0.3, 0.4) is 0 Å². The highest BCUT2D eigenvalue weighted by atomic mass is 16.5. The summed E-state index contributed by atoms with van der Waals surface area (Å²) >= 11 is 0. The number of rotatable bonds is 39. The molecule has 0 aromatic rings. The Kier molecular flexibility index (Phi) is 37.7. The van der Waals surface area contributed by atoms with E-state index < -0.39 is 18.2 Å². The molecule has 0 aromatic carbocycles. The third-order valence-electron chi connectivity index (χ3n) is 10.1. The van der Waals surface area contributed by atoms with Crippen LogP contribution in [0.2, 0.25) is 0 Å². The van der Waals surface area contributed by atoms with Crippen molar-refractivity contribution in [1.82, 2.24) is 5.32 Å². The van der Waals surface area contributed by atoms with Gasteiger partial charge in [0.25, 0.3) is 0 Å². The van der Waals surface area contributed by atoms with Gasteiger partial charge in [-0.3, -0.25) is 9.59 Å². The number of allylic oxidation sites excluding steroid dienone is 2. The van der Waals surface area contributed by atoms with Gasteiger partial charge in [0.15, 0.2) is 0 Å². The van der Waals surface area contributed by atoms with E-state index in [9.17, 15) is 19.8 Å². The fourth-order valence-corrected chi connectivity index (χ4v) is 6.73. The van der Waals surface area contributed by atoms with Gasteiger partial charge in [-0.05, 0) is 44.9 Å². The van der Waals surface area contributed by atoms with E-state index in [0.29, 0.717) is 19.3 Å². The first-order valence-corrected chi connectivity index (χ1v) is 21.9. The van der Waals surface area contributed by atoms with E-state index >= 15 is 0 Å². The van der Waals surface area contributed by atoms with Crippen LogP contribution in [0.1, 0.15) is 233 Å². The Bertz CT molecular complexity index is 757. The van der Waals surface area contributed by atoms with Gasteiger partial charge in [0.1, 0.15) is 6.10 Å². The summed E-state index contributed by atoms with van der Waals surface area (Å²) in [6, 6.07) is -0.696. The van der Waals surface area contributed by atoms with E-state index in [1.165, 1.54) is 116 Å². The van der Waals surface area contributed by atoms with Gasteiger partial charge in [0.05, 0.1) is 25.2 Å². The predicted molar refractivity (Wildman–Crippen MR) is 213 cm³/mol. The number of aliphatic hydroxyl groups is 2. The number of unbranched alkanes of at least 4 members (excludes halogenated alkanes) is 25. The van der Waals surface area contributed by atoms with E-state index in [2.05, 4.69) is 38.2 Å². The summed E-state index contributed by atoms with van der Waals surface area (Å²) in [7, 11) is 0. The second kappa shape index (κ2) is 38.8. The lowest BCUT2D eigenvalue weighted by Crippen LogP contribution is -2.46. The number of ether oxygens (including phenoxy) is 1. The quantitative estimate of drug-likeness (QED) is 0.0336. The van der Waals surface area contributed by atoms with E-state index in [1.54, 1.807) is 0 Å². The van der Waals surface area contributed by atoms with Crippen molar-refractivity contribution in [3.05, 3.63) is 12.2 Å². The molecule has 0 bridgehead atoms. The Hall–Kier alpha value is -1.40. The van der Waals surface area contributed by atoms with Crippen LogP contribution in [-0.4, -0.2) is 46.9 Å². The number of hydrogen-bond acceptors (Lipinski definition) is 5. The largest absolute Gasteiger partial charge is 0.462 e. The van der Waals surface area contributed by atoms with Gasteiger partial charge in [0.2, 0.25) is 5.91 Å². The molecule has 0 radical (unpaired) electrons. The topological polar surface area (TPSA) is 95.9 Å². The molecule has 0 fully saturated rings. The zero-order chi connectivity index (χ0) is 36.8. The van der Waals surface area contributed by atoms with Crippen molar-refractivity contribution < 1.29 is 24.5 Å². The second-order valence-electron chi connectivity index (χ2n) is 15.1. The third-order valence-corrected chi connectivity index (χ3v) is 10.1. The number of nitrogens with one attached hydrogen (secondary N) is 1. The van der Waals surface area contributed by atoms with Crippen molar-refractivity contribution in [1.29, 1.82) is 0 Å². The smallest absolute Gasteiger partial charge is 0.306 e. The monoisotopic (exact) mass is 708 g/mol. The molecule has 6 nitrogen and oxygen atoms in total. The first-order chi connectivity index (χ1) is 24.5. The highest BCUT2D eigenvalue weighted by Crippen LogP contribution is 2.17. The average Bonchev–Trinajstić information content (AvgIpc) is 3.10. The van der Waals surface area contributed by atoms with Crippen LogP contribution in [0.25, 0.3) is 0 Å². The Labute approximate surface area is 310 Å². The molecule has 3 N–H and O–H groups in total. The molecule has 0 aliphatic rings. The summed E-state index contributed by atoms with van der Waals surface area (Å²) in [6.07, 6.45) is 39.9. The minimum absolute atomic E-state index is 0.0716. The summed E-state index contributed by atoms with van der Waals surface area (Å²) < 4.78 is 5.86. The van der Waals surface area contributed by atoms with Crippen molar-refractivity contribution in [2.24, 2.45) is 0 Å². The van der Waals surface area contributed by atoms with Gasteiger partial charge in [-0.25, -0.2) is 0 Å². The fraction of sp³-hybridized carbons (Fsp3) is 0.909. The van der Waals surface area contributed by atoms with Gasteiger partial charge in [0, 0.05) is 6.42 Å². The summed E-state index contributed by atoms with van der Waals surface area (Å²) in [4.78, 5) is 25.8. The van der Waals surface area contributed by atoms with Crippen LogP contribution in [0.15, 0.2) is 12.2 Å². The highest BCUT2D eigenvalue weighted by molar-refractivity contribution is 5.77. The van der Waals surface area contributed by atoms with Crippen LogP contribution in [0, 0.1) is 0 Å². The second-order valence-corrected chi connectivity index (χ2v) is 15.1. The van der Waals surface area contributed by atoms with Crippen molar-refractivity contribution in [2.75, 3.05) is 6.61 Å². The summed E-state index contributed by atoms with van der Waals surface area (Å²) in [5.74, 6) is -0.486. The van der Waals surface area contributed by atoms with Crippen molar-refractivity contribution in [2.45, 2.75) is 251 Å². The van der Waals surface area contributed by atoms with E-state index in [4.69, 9.17) is 4.74 Å². The van der Waals surface area contributed by atoms with Gasteiger partial charge in [-0.2, -0.15) is 0 Å². The molecule has 0 aliphatic heterocycles. The lowest BCUT2D eigenvalue weighted by atomic mass is 10.0. The molecule has 3 atom stereocenters. The molecule has 50 heavy (non-hydrogen) atoms. The molecule has 0 aliphatic carbocycles. The summed E-state index contributed by atoms with van der Waals surface area (Å²) in [6.45, 7) is 6.39. The number of carbonyl (C=O) groups is 2. The van der Waals surface area contributed by atoms with Gasteiger partial charge >= 0.3 is 5.97 Å². The number of hydrogen-bond donors (Lipinski definition) is 3. The van der Waals surface area contributed by atoms with Crippen LogP contribution in [0.5, 0.6) is 0 Å². The van der Waals surface area contributed by atoms with Crippen LogP contribution < -0.4 is 5.32 Å². The molecule has 0 spiro atoms. The average molecular weight is 708 g/mol. The maximum atomic E-state index is 13.0. The van der Waals surface area contributed by atoms with Gasteiger partial charge in [-0.1, -0.05) is 187 Å². The normalized spacial score (nSPS) is 13.5. The molecule has 0 rings (SSSR count). The summed E-state index contributed by atoms with van der Waals surface area (Å²) in [5.41, 5.74) is 0. The maximum Gasteiger partial charge on any atom is 0.306 e. The third kappa shape index (κ3) is 33.7. The lowest BCUT2D eigenvalue weighted by molar-refractivity contribution is -0.151. The molecule has 6 heteroatoms. The van der Waals surface area contributed by atoms with E-state index in [1.807, 2.05) is 0 Å². The zero-order valence-corrected chi connectivity index (χ0v) is 33.5. The first-order valence-electron chi connectivity index (χ1n) is 21.9.